The zero-order valence-electron chi connectivity index (χ0n) is 16.1. The van der Waals surface area contributed by atoms with Crippen LogP contribution in [-0.4, -0.2) is 41.4 Å². The van der Waals surface area contributed by atoms with Gasteiger partial charge in [0.15, 0.2) is 5.78 Å². The Bertz CT molecular complexity index is 861. The molecule has 0 heterocycles. The number of esters is 1. The first-order valence-corrected chi connectivity index (χ1v) is 9.27. The zero-order chi connectivity index (χ0) is 21.2. The van der Waals surface area contributed by atoms with Gasteiger partial charge in [0.1, 0.15) is 6.04 Å². The summed E-state index contributed by atoms with van der Waals surface area (Å²) in [5.74, 6) is -2.35. The fraction of sp³-hybridized carbons (Fsp3) is 0.273. The van der Waals surface area contributed by atoms with E-state index in [0.717, 1.165) is 0 Å². The Labute approximate surface area is 168 Å². The van der Waals surface area contributed by atoms with E-state index in [-0.39, 0.29) is 31.7 Å². The van der Waals surface area contributed by atoms with E-state index in [1.54, 1.807) is 55.5 Å². The van der Waals surface area contributed by atoms with Gasteiger partial charge in [0.25, 0.3) is 0 Å². The predicted octanol–water partition coefficient (Wildman–Crippen LogP) is 2.37. The van der Waals surface area contributed by atoms with Crippen LogP contribution < -0.4 is 5.32 Å². The van der Waals surface area contributed by atoms with Crippen molar-refractivity contribution in [2.75, 3.05) is 6.61 Å². The molecule has 0 aliphatic heterocycles. The fourth-order valence-electron chi connectivity index (χ4n) is 2.70. The lowest BCUT2D eigenvalue weighted by molar-refractivity contribution is -0.144. The predicted molar refractivity (Wildman–Crippen MR) is 105 cm³/mol. The van der Waals surface area contributed by atoms with Gasteiger partial charge in [-0.2, -0.15) is 0 Å². The molecule has 2 rings (SSSR count). The second kappa shape index (κ2) is 10.8. The maximum Gasteiger partial charge on any atom is 0.326 e. The average Bonchev–Trinajstić information content (AvgIpc) is 2.72. The molecular formula is C22H23NO6. The molecule has 0 radical (unpaired) electrons. The lowest BCUT2D eigenvalue weighted by atomic mass is 9.99. The minimum atomic E-state index is -1.18. The van der Waals surface area contributed by atoms with Crippen LogP contribution in [0.3, 0.4) is 0 Å². The standard InChI is InChI=1S/C22H23NO6/c1-2-29-20(25)13-12-19(24)23-18(22(27)28)14-15-8-10-17(11-9-15)21(26)16-6-4-3-5-7-16/h3-11,18H,2,12-14H2,1H3,(H,23,24)(H,27,28)/t18-/m0/s1. The van der Waals surface area contributed by atoms with E-state index in [4.69, 9.17) is 4.74 Å². The lowest BCUT2D eigenvalue weighted by Crippen LogP contribution is -2.42. The third kappa shape index (κ3) is 6.88. The van der Waals surface area contributed by atoms with Gasteiger partial charge in [0.2, 0.25) is 5.91 Å². The van der Waals surface area contributed by atoms with Gasteiger partial charge in [-0.3, -0.25) is 14.4 Å². The number of amides is 1. The molecule has 7 nitrogen and oxygen atoms in total. The SMILES string of the molecule is CCOC(=O)CCC(=O)N[C@@H](Cc1ccc(C(=O)c2ccccc2)cc1)C(=O)O. The summed E-state index contributed by atoms with van der Waals surface area (Å²) in [6, 6.07) is 14.3. The molecule has 1 atom stereocenters. The van der Waals surface area contributed by atoms with Crippen LogP contribution in [0.15, 0.2) is 54.6 Å². The number of benzene rings is 2. The van der Waals surface area contributed by atoms with E-state index in [1.165, 1.54) is 0 Å². The van der Waals surface area contributed by atoms with Crippen molar-refractivity contribution in [1.29, 1.82) is 0 Å². The van der Waals surface area contributed by atoms with Gasteiger partial charge in [-0.15, -0.1) is 0 Å². The maximum atomic E-state index is 12.4. The highest BCUT2D eigenvalue weighted by Crippen LogP contribution is 2.12. The van der Waals surface area contributed by atoms with Crippen LogP contribution in [0.5, 0.6) is 0 Å². The number of carbonyl (C=O) groups is 4. The number of hydrogen-bond donors (Lipinski definition) is 2. The van der Waals surface area contributed by atoms with Gasteiger partial charge in [-0.25, -0.2) is 4.79 Å². The zero-order valence-corrected chi connectivity index (χ0v) is 16.1. The molecule has 29 heavy (non-hydrogen) atoms. The number of carboxylic acid groups (broad SMARTS) is 1. The molecular weight excluding hydrogens is 374 g/mol. The minimum absolute atomic E-state index is 0.0558. The Morgan fingerprint density at radius 2 is 1.55 bits per heavy atom. The second-order valence-electron chi connectivity index (χ2n) is 6.36. The van der Waals surface area contributed by atoms with E-state index in [1.807, 2.05) is 6.07 Å². The third-order valence-electron chi connectivity index (χ3n) is 4.19. The monoisotopic (exact) mass is 397 g/mol. The van der Waals surface area contributed by atoms with E-state index in [2.05, 4.69) is 5.32 Å². The van der Waals surface area contributed by atoms with Crippen molar-refractivity contribution in [1.82, 2.24) is 5.32 Å². The van der Waals surface area contributed by atoms with Crippen molar-refractivity contribution in [3.05, 3.63) is 71.3 Å². The van der Waals surface area contributed by atoms with Gasteiger partial charge in [-0.05, 0) is 12.5 Å². The Morgan fingerprint density at radius 1 is 0.931 bits per heavy atom. The molecule has 0 bridgehead atoms. The molecule has 152 valence electrons. The van der Waals surface area contributed by atoms with Crippen LogP contribution in [0.1, 0.15) is 41.3 Å². The van der Waals surface area contributed by atoms with E-state index in [9.17, 15) is 24.3 Å². The molecule has 2 N–H and O–H groups in total. The van der Waals surface area contributed by atoms with Crippen molar-refractivity contribution in [3.8, 4) is 0 Å². The highest BCUT2D eigenvalue weighted by molar-refractivity contribution is 6.08. The molecule has 0 spiro atoms. The van der Waals surface area contributed by atoms with Gasteiger partial charge in [-0.1, -0.05) is 54.6 Å². The second-order valence-corrected chi connectivity index (χ2v) is 6.36. The van der Waals surface area contributed by atoms with Gasteiger partial charge >= 0.3 is 11.9 Å². The molecule has 0 saturated carbocycles. The summed E-state index contributed by atoms with van der Waals surface area (Å²) in [5.41, 5.74) is 1.72. The first kappa shape index (κ1) is 21.8. The number of carbonyl (C=O) groups excluding carboxylic acids is 3. The molecule has 0 aliphatic rings. The Kier molecular flexibility index (Phi) is 8.09. The maximum absolute atomic E-state index is 12.4. The van der Waals surface area contributed by atoms with Crippen molar-refractivity contribution >= 4 is 23.6 Å². The summed E-state index contributed by atoms with van der Waals surface area (Å²) in [6.45, 7) is 1.89. The Balaban J connectivity index is 1.96. The highest BCUT2D eigenvalue weighted by Gasteiger charge is 2.21. The topological polar surface area (TPSA) is 110 Å². The van der Waals surface area contributed by atoms with Crippen LogP contribution in [0.2, 0.25) is 0 Å². The van der Waals surface area contributed by atoms with Crippen molar-refractivity contribution in [2.45, 2.75) is 32.2 Å². The molecule has 0 aromatic heterocycles. The molecule has 0 aliphatic carbocycles. The van der Waals surface area contributed by atoms with Crippen molar-refractivity contribution < 1.29 is 29.0 Å². The summed E-state index contributed by atoms with van der Waals surface area (Å²) >= 11 is 0. The first-order chi connectivity index (χ1) is 13.9. The summed E-state index contributed by atoms with van der Waals surface area (Å²) in [6.07, 6.45) is -0.199. The largest absolute Gasteiger partial charge is 0.480 e. The van der Waals surface area contributed by atoms with Crippen LogP contribution in [0.25, 0.3) is 0 Å². The third-order valence-corrected chi connectivity index (χ3v) is 4.19. The molecule has 0 fully saturated rings. The number of rotatable bonds is 10. The van der Waals surface area contributed by atoms with Crippen LogP contribution >= 0.6 is 0 Å². The molecule has 2 aromatic rings. The summed E-state index contributed by atoms with van der Waals surface area (Å²) in [7, 11) is 0. The molecule has 7 heteroatoms. The van der Waals surface area contributed by atoms with Crippen LogP contribution in [0, 0.1) is 0 Å². The van der Waals surface area contributed by atoms with E-state index in [0.29, 0.717) is 16.7 Å². The minimum Gasteiger partial charge on any atom is -0.480 e. The smallest absolute Gasteiger partial charge is 0.326 e. The highest BCUT2D eigenvalue weighted by atomic mass is 16.5. The number of ketones is 1. The van der Waals surface area contributed by atoms with Crippen LogP contribution in [-0.2, 0) is 25.5 Å². The molecule has 2 aromatic carbocycles. The lowest BCUT2D eigenvalue weighted by Gasteiger charge is -2.15. The van der Waals surface area contributed by atoms with Crippen molar-refractivity contribution in [2.24, 2.45) is 0 Å². The van der Waals surface area contributed by atoms with Gasteiger partial charge < -0.3 is 15.2 Å². The fourth-order valence-corrected chi connectivity index (χ4v) is 2.70. The molecule has 0 saturated heterocycles. The number of hydrogen-bond acceptors (Lipinski definition) is 5. The van der Waals surface area contributed by atoms with E-state index < -0.39 is 23.9 Å². The van der Waals surface area contributed by atoms with E-state index >= 15 is 0 Å². The number of nitrogens with one attached hydrogen (secondary N) is 1. The van der Waals surface area contributed by atoms with Crippen molar-refractivity contribution in [3.63, 3.8) is 0 Å². The summed E-state index contributed by atoms with van der Waals surface area (Å²) < 4.78 is 4.74. The number of aliphatic carboxylic acids is 1. The van der Waals surface area contributed by atoms with Crippen LogP contribution in [0.4, 0.5) is 0 Å². The quantitative estimate of drug-likeness (QED) is 0.470. The average molecular weight is 397 g/mol. The molecule has 0 unspecified atom stereocenters. The first-order valence-electron chi connectivity index (χ1n) is 9.27. The normalized spacial score (nSPS) is 11.3. The molecule has 1 amide bonds. The summed E-state index contributed by atoms with van der Waals surface area (Å²) in [5, 5.41) is 11.8. The van der Waals surface area contributed by atoms with Gasteiger partial charge in [0.05, 0.1) is 13.0 Å². The number of carboxylic acids is 1. The Morgan fingerprint density at radius 3 is 2.14 bits per heavy atom. The number of ether oxygens (including phenoxy) is 1. The Hall–Kier alpha value is -3.48. The van der Waals surface area contributed by atoms with Gasteiger partial charge in [0, 0.05) is 24.0 Å². The summed E-state index contributed by atoms with van der Waals surface area (Å²) in [4.78, 5) is 47.1.